The predicted molar refractivity (Wildman–Crippen MR) is 41.1 cm³/mol. The summed E-state index contributed by atoms with van der Waals surface area (Å²) in [5, 5.41) is 7.25. The fourth-order valence-electron chi connectivity index (χ4n) is 0.772. The first-order chi connectivity index (χ1) is 5.38. The van der Waals surface area contributed by atoms with Crippen LogP contribution in [0, 0.1) is 0 Å². The van der Waals surface area contributed by atoms with Crippen LogP contribution in [0.4, 0.5) is 5.69 Å². The summed E-state index contributed by atoms with van der Waals surface area (Å²) in [6.45, 7) is 2.55. The van der Waals surface area contributed by atoms with E-state index in [4.69, 9.17) is 0 Å². The Hall–Kier alpha value is -1.45. The second-order valence-corrected chi connectivity index (χ2v) is 1.99. The van der Waals surface area contributed by atoms with Gasteiger partial charge in [0.2, 0.25) is 6.41 Å². The number of nitrogens with zero attached hydrogens (tertiary/aromatic N) is 3. The van der Waals surface area contributed by atoms with E-state index in [1.165, 1.54) is 0 Å². The van der Waals surface area contributed by atoms with E-state index in [1.807, 2.05) is 6.92 Å². The smallest absolute Gasteiger partial charge is 0.214 e. The molecule has 0 atom stereocenters. The lowest BCUT2D eigenvalue weighted by atomic mass is 10.4. The van der Waals surface area contributed by atoms with Gasteiger partial charge < -0.3 is 4.90 Å². The highest BCUT2D eigenvalue weighted by molar-refractivity contribution is 5.73. The van der Waals surface area contributed by atoms with Crippen molar-refractivity contribution < 1.29 is 4.79 Å². The molecule has 4 heteroatoms. The molecule has 58 valence electrons. The summed E-state index contributed by atoms with van der Waals surface area (Å²) >= 11 is 0. The maximum atomic E-state index is 10.4. The minimum Gasteiger partial charge on any atom is -0.314 e. The van der Waals surface area contributed by atoms with Crippen LogP contribution in [0.1, 0.15) is 6.92 Å². The minimum absolute atomic E-state index is 0.648. The summed E-state index contributed by atoms with van der Waals surface area (Å²) in [4.78, 5) is 12.0. The first-order valence-corrected chi connectivity index (χ1v) is 3.37. The lowest BCUT2D eigenvalue weighted by Gasteiger charge is -2.12. The summed E-state index contributed by atoms with van der Waals surface area (Å²) in [6.07, 6.45) is 3.89. The quantitative estimate of drug-likeness (QED) is 0.589. The highest BCUT2D eigenvalue weighted by Gasteiger charge is 1.99. The molecule has 0 aliphatic heterocycles. The van der Waals surface area contributed by atoms with Gasteiger partial charge in [0.15, 0.2) is 0 Å². The van der Waals surface area contributed by atoms with Gasteiger partial charge in [0, 0.05) is 6.54 Å². The topological polar surface area (TPSA) is 46.1 Å². The highest BCUT2D eigenvalue weighted by atomic mass is 16.1. The van der Waals surface area contributed by atoms with E-state index in [1.54, 1.807) is 23.4 Å². The molecule has 0 radical (unpaired) electrons. The van der Waals surface area contributed by atoms with Crippen LogP contribution in [-0.2, 0) is 4.79 Å². The van der Waals surface area contributed by atoms with Crippen molar-refractivity contribution in [3.8, 4) is 0 Å². The van der Waals surface area contributed by atoms with Gasteiger partial charge in [0.1, 0.15) is 0 Å². The molecule has 0 unspecified atom stereocenters. The molecule has 1 rings (SSSR count). The van der Waals surface area contributed by atoms with Crippen molar-refractivity contribution in [3.05, 3.63) is 18.5 Å². The van der Waals surface area contributed by atoms with E-state index in [0.29, 0.717) is 6.54 Å². The van der Waals surface area contributed by atoms with Crippen molar-refractivity contribution in [2.45, 2.75) is 6.92 Å². The molecule has 4 nitrogen and oxygen atoms in total. The van der Waals surface area contributed by atoms with Crippen molar-refractivity contribution >= 4 is 12.1 Å². The third kappa shape index (κ3) is 1.73. The van der Waals surface area contributed by atoms with Crippen molar-refractivity contribution in [3.63, 3.8) is 0 Å². The van der Waals surface area contributed by atoms with E-state index in [9.17, 15) is 4.79 Å². The molecule has 0 aliphatic carbocycles. The Morgan fingerprint density at radius 1 is 1.64 bits per heavy atom. The van der Waals surface area contributed by atoms with Gasteiger partial charge >= 0.3 is 0 Å². The summed E-state index contributed by atoms with van der Waals surface area (Å²) in [6, 6.07) is 1.74. The number of carbonyl (C=O) groups excluding carboxylic acids is 1. The molecule has 0 aliphatic rings. The Labute approximate surface area is 64.9 Å². The number of hydrogen-bond donors (Lipinski definition) is 0. The van der Waals surface area contributed by atoms with Crippen LogP contribution in [-0.4, -0.2) is 23.2 Å². The van der Waals surface area contributed by atoms with Gasteiger partial charge in [-0.2, -0.15) is 10.2 Å². The van der Waals surface area contributed by atoms with Crippen molar-refractivity contribution in [2.24, 2.45) is 0 Å². The van der Waals surface area contributed by atoms with E-state index in [0.717, 1.165) is 12.1 Å². The molecule has 0 N–H and O–H groups in total. The number of rotatable bonds is 3. The molecule has 0 saturated carbocycles. The normalized spacial score (nSPS) is 9.18. The Morgan fingerprint density at radius 2 is 2.45 bits per heavy atom. The third-order valence-electron chi connectivity index (χ3n) is 1.37. The minimum atomic E-state index is 0.648. The average Bonchev–Trinajstić information content (AvgIpc) is 2.09. The molecular formula is C7H9N3O. The maximum Gasteiger partial charge on any atom is 0.214 e. The average molecular weight is 151 g/mol. The standard InChI is InChI=1S/C7H9N3O/c1-2-10(6-11)7-3-4-8-9-5-7/h3-6H,2H2,1H3. The van der Waals surface area contributed by atoms with Crippen LogP contribution in [0.5, 0.6) is 0 Å². The number of aromatic nitrogens is 2. The zero-order valence-electron chi connectivity index (χ0n) is 6.27. The van der Waals surface area contributed by atoms with Crippen molar-refractivity contribution in [1.29, 1.82) is 0 Å². The maximum absolute atomic E-state index is 10.4. The molecule has 11 heavy (non-hydrogen) atoms. The van der Waals surface area contributed by atoms with E-state index in [-0.39, 0.29) is 0 Å². The van der Waals surface area contributed by atoms with Crippen molar-refractivity contribution in [1.82, 2.24) is 10.2 Å². The molecule has 0 aromatic carbocycles. The van der Waals surface area contributed by atoms with E-state index >= 15 is 0 Å². The van der Waals surface area contributed by atoms with Crippen LogP contribution in [0.25, 0.3) is 0 Å². The highest BCUT2D eigenvalue weighted by Crippen LogP contribution is 2.06. The van der Waals surface area contributed by atoms with Crippen LogP contribution in [0.15, 0.2) is 18.5 Å². The Kier molecular flexibility index (Phi) is 2.54. The Bertz CT molecular complexity index is 224. The zero-order valence-corrected chi connectivity index (χ0v) is 6.27. The van der Waals surface area contributed by atoms with Crippen LogP contribution in [0.3, 0.4) is 0 Å². The zero-order chi connectivity index (χ0) is 8.10. The lowest BCUT2D eigenvalue weighted by Crippen LogP contribution is -2.20. The second kappa shape index (κ2) is 3.65. The number of anilines is 1. The first kappa shape index (κ1) is 7.65. The molecule has 0 fully saturated rings. The number of hydrogen-bond acceptors (Lipinski definition) is 3. The van der Waals surface area contributed by atoms with Crippen molar-refractivity contribution in [2.75, 3.05) is 11.4 Å². The molecule has 1 aromatic rings. The van der Waals surface area contributed by atoms with Gasteiger partial charge in [-0.3, -0.25) is 4.79 Å². The van der Waals surface area contributed by atoms with Gasteiger partial charge in [-0.1, -0.05) is 0 Å². The third-order valence-corrected chi connectivity index (χ3v) is 1.37. The van der Waals surface area contributed by atoms with Crippen LogP contribution < -0.4 is 4.90 Å². The fourth-order valence-corrected chi connectivity index (χ4v) is 0.772. The van der Waals surface area contributed by atoms with Gasteiger partial charge in [0.25, 0.3) is 0 Å². The molecule has 1 heterocycles. The monoisotopic (exact) mass is 151 g/mol. The number of amides is 1. The molecule has 0 spiro atoms. The Balaban J connectivity index is 2.82. The van der Waals surface area contributed by atoms with E-state index < -0.39 is 0 Å². The molecule has 1 aromatic heterocycles. The lowest BCUT2D eigenvalue weighted by molar-refractivity contribution is -0.107. The van der Waals surface area contributed by atoms with Crippen LogP contribution >= 0.6 is 0 Å². The largest absolute Gasteiger partial charge is 0.314 e. The molecule has 0 bridgehead atoms. The van der Waals surface area contributed by atoms with Crippen LogP contribution in [0.2, 0.25) is 0 Å². The van der Waals surface area contributed by atoms with E-state index in [2.05, 4.69) is 10.2 Å². The number of carbonyl (C=O) groups is 1. The van der Waals surface area contributed by atoms with Gasteiger partial charge in [-0.25, -0.2) is 0 Å². The summed E-state index contributed by atoms with van der Waals surface area (Å²) in [5.41, 5.74) is 0.775. The second-order valence-electron chi connectivity index (χ2n) is 1.99. The summed E-state index contributed by atoms with van der Waals surface area (Å²) < 4.78 is 0. The van der Waals surface area contributed by atoms with Gasteiger partial charge in [-0.05, 0) is 13.0 Å². The summed E-state index contributed by atoms with van der Waals surface area (Å²) in [7, 11) is 0. The molecule has 0 saturated heterocycles. The summed E-state index contributed by atoms with van der Waals surface area (Å²) in [5.74, 6) is 0. The van der Waals surface area contributed by atoms with Gasteiger partial charge in [0.05, 0.1) is 18.1 Å². The predicted octanol–water partition coefficient (Wildman–Crippen LogP) is 0.459. The first-order valence-electron chi connectivity index (χ1n) is 3.37. The SMILES string of the molecule is CCN(C=O)c1ccnnc1. The molecular weight excluding hydrogens is 142 g/mol. The molecule has 1 amide bonds. The Morgan fingerprint density at radius 3 is 2.91 bits per heavy atom. The fraction of sp³-hybridized carbons (Fsp3) is 0.286. The van der Waals surface area contributed by atoms with Gasteiger partial charge in [-0.15, -0.1) is 0 Å².